The Morgan fingerprint density at radius 2 is 2.05 bits per heavy atom. The number of carbonyl (C=O) groups is 1. The number of esters is 1. The van der Waals surface area contributed by atoms with E-state index in [0.717, 1.165) is 37.8 Å². The summed E-state index contributed by atoms with van der Waals surface area (Å²) in [5.74, 6) is -0.101. The van der Waals surface area contributed by atoms with Crippen molar-refractivity contribution in [1.29, 1.82) is 0 Å². The zero-order valence-corrected chi connectivity index (χ0v) is 13.5. The summed E-state index contributed by atoms with van der Waals surface area (Å²) in [5.41, 5.74) is 0.662. The third kappa shape index (κ3) is 3.29. The minimum absolute atomic E-state index is 0.101. The zero-order valence-electron chi connectivity index (χ0n) is 13.5. The molecule has 0 amide bonds. The van der Waals surface area contributed by atoms with Crippen molar-refractivity contribution in [3.8, 4) is 0 Å². The number of hydrogen-bond donors (Lipinski definition) is 0. The van der Waals surface area contributed by atoms with E-state index in [-0.39, 0.29) is 12.0 Å². The van der Waals surface area contributed by atoms with E-state index >= 15 is 0 Å². The number of likely N-dealkylation sites (N-methyl/N-ethyl adjacent to an activating group) is 1. The lowest BCUT2D eigenvalue weighted by Crippen LogP contribution is -2.48. The molecule has 0 N–H and O–H groups in total. The lowest BCUT2D eigenvalue weighted by atomic mass is 9.87. The van der Waals surface area contributed by atoms with Crippen LogP contribution in [-0.4, -0.2) is 30.5 Å². The minimum atomic E-state index is -0.474. The summed E-state index contributed by atoms with van der Waals surface area (Å²) in [7, 11) is 2.15. The van der Waals surface area contributed by atoms with E-state index in [0.29, 0.717) is 6.42 Å². The van der Waals surface area contributed by atoms with Crippen molar-refractivity contribution in [1.82, 2.24) is 4.90 Å². The Balaban J connectivity index is 2.37. The highest BCUT2D eigenvalue weighted by molar-refractivity contribution is 5.70. The molecule has 2 rings (SSSR count). The van der Waals surface area contributed by atoms with Gasteiger partial charge in [-0.1, -0.05) is 44.2 Å². The number of ether oxygens (including phenoxy) is 1. The maximum Gasteiger partial charge on any atom is 0.306 e. The topological polar surface area (TPSA) is 29.5 Å². The Kier molecular flexibility index (Phi) is 5.40. The number of carbonyl (C=O) groups excluding carboxylic acids is 1. The number of benzene rings is 1. The molecule has 116 valence electrons. The summed E-state index contributed by atoms with van der Waals surface area (Å²) in [5, 5.41) is 0. The van der Waals surface area contributed by atoms with E-state index in [2.05, 4.69) is 31.0 Å². The molecule has 0 heterocycles. The molecule has 0 spiro atoms. The van der Waals surface area contributed by atoms with Crippen LogP contribution in [-0.2, 0) is 15.1 Å². The molecule has 1 fully saturated rings. The first-order valence-electron chi connectivity index (χ1n) is 8.11. The summed E-state index contributed by atoms with van der Waals surface area (Å²) < 4.78 is 6.03. The van der Waals surface area contributed by atoms with Gasteiger partial charge in [-0.2, -0.15) is 0 Å². The molecule has 0 aromatic heterocycles. The van der Waals surface area contributed by atoms with Gasteiger partial charge in [-0.3, -0.25) is 9.69 Å². The van der Waals surface area contributed by atoms with Crippen LogP contribution in [0.25, 0.3) is 0 Å². The van der Waals surface area contributed by atoms with Crippen LogP contribution < -0.4 is 0 Å². The largest absolute Gasteiger partial charge is 0.452 e. The van der Waals surface area contributed by atoms with Crippen LogP contribution in [0, 0.1) is 0 Å². The summed E-state index contributed by atoms with van der Waals surface area (Å²) in [6, 6.07) is 10.6. The van der Waals surface area contributed by atoms with Crippen molar-refractivity contribution in [2.24, 2.45) is 0 Å². The Morgan fingerprint density at radius 1 is 1.33 bits per heavy atom. The van der Waals surface area contributed by atoms with Crippen molar-refractivity contribution < 1.29 is 9.53 Å². The Bertz CT molecular complexity index is 460. The summed E-state index contributed by atoms with van der Waals surface area (Å²) >= 11 is 0. The van der Waals surface area contributed by atoms with E-state index in [9.17, 15) is 4.79 Å². The van der Waals surface area contributed by atoms with E-state index < -0.39 is 5.60 Å². The first-order valence-corrected chi connectivity index (χ1v) is 8.11. The van der Waals surface area contributed by atoms with Crippen LogP contribution in [0.3, 0.4) is 0 Å². The molecule has 1 saturated carbocycles. The van der Waals surface area contributed by atoms with Gasteiger partial charge in [-0.15, -0.1) is 0 Å². The molecule has 1 unspecified atom stereocenters. The zero-order chi connectivity index (χ0) is 15.3. The highest BCUT2D eigenvalue weighted by Crippen LogP contribution is 2.45. The van der Waals surface area contributed by atoms with Gasteiger partial charge in [-0.25, -0.2) is 0 Å². The third-order valence-corrected chi connectivity index (χ3v) is 4.52. The number of hydrogen-bond acceptors (Lipinski definition) is 3. The van der Waals surface area contributed by atoms with Crippen LogP contribution in [0.4, 0.5) is 0 Å². The molecular formula is C18H27NO2. The Hall–Kier alpha value is -1.35. The second-order valence-electron chi connectivity index (χ2n) is 5.97. The fourth-order valence-electron chi connectivity index (χ4n) is 3.55. The van der Waals surface area contributed by atoms with Gasteiger partial charge >= 0.3 is 5.97 Å². The molecule has 3 nitrogen and oxygen atoms in total. The predicted octanol–water partition coefficient (Wildman–Crippen LogP) is 3.73. The van der Waals surface area contributed by atoms with E-state index in [1.165, 1.54) is 0 Å². The molecule has 0 saturated heterocycles. The number of rotatable bonds is 6. The van der Waals surface area contributed by atoms with Crippen LogP contribution in [0.15, 0.2) is 30.3 Å². The molecule has 0 aliphatic heterocycles. The molecule has 2 atom stereocenters. The monoisotopic (exact) mass is 289 g/mol. The van der Waals surface area contributed by atoms with Crippen LogP contribution >= 0.6 is 0 Å². The lowest BCUT2D eigenvalue weighted by molar-refractivity contribution is -0.166. The van der Waals surface area contributed by atoms with E-state index in [1.807, 2.05) is 25.1 Å². The quantitative estimate of drug-likeness (QED) is 0.747. The molecule has 21 heavy (non-hydrogen) atoms. The second kappa shape index (κ2) is 7.08. The average molecular weight is 289 g/mol. The smallest absolute Gasteiger partial charge is 0.306 e. The van der Waals surface area contributed by atoms with Gasteiger partial charge in [-0.05, 0) is 44.8 Å². The molecule has 1 aliphatic rings. The molecule has 3 heteroatoms. The van der Waals surface area contributed by atoms with Gasteiger partial charge in [0.05, 0.1) is 6.04 Å². The van der Waals surface area contributed by atoms with Crippen molar-refractivity contribution in [3.05, 3.63) is 35.9 Å². The lowest BCUT2D eigenvalue weighted by Gasteiger charge is -2.40. The van der Waals surface area contributed by atoms with Gasteiger partial charge in [0, 0.05) is 6.42 Å². The second-order valence-corrected chi connectivity index (χ2v) is 5.97. The minimum Gasteiger partial charge on any atom is -0.452 e. The molecule has 1 aromatic carbocycles. The van der Waals surface area contributed by atoms with Gasteiger partial charge < -0.3 is 4.74 Å². The molecule has 1 aliphatic carbocycles. The first-order chi connectivity index (χ1) is 10.1. The summed E-state index contributed by atoms with van der Waals surface area (Å²) in [6.45, 7) is 5.08. The average Bonchev–Trinajstić information content (AvgIpc) is 2.93. The fourth-order valence-corrected chi connectivity index (χ4v) is 3.55. The van der Waals surface area contributed by atoms with Gasteiger partial charge in [0.1, 0.15) is 0 Å². The summed E-state index contributed by atoms with van der Waals surface area (Å²) in [6.07, 6.45) is 4.65. The third-order valence-electron chi connectivity index (χ3n) is 4.52. The Morgan fingerprint density at radius 3 is 2.67 bits per heavy atom. The highest BCUT2D eigenvalue weighted by Gasteiger charge is 2.49. The fraction of sp³-hybridized carbons (Fsp3) is 0.611. The molecule has 1 aromatic rings. The molecule has 0 radical (unpaired) electrons. The van der Waals surface area contributed by atoms with Crippen molar-refractivity contribution >= 4 is 5.97 Å². The number of nitrogens with zero attached hydrogens (tertiary/aromatic N) is 1. The summed E-state index contributed by atoms with van der Waals surface area (Å²) in [4.78, 5) is 14.4. The molecular weight excluding hydrogens is 262 g/mol. The van der Waals surface area contributed by atoms with Gasteiger partial charge in [0.2, 0.25) is 0 Å². The van der Waals surface area contributed by atoms with Crippen LogP contribution in [0.5, 0.6) is 0 Å². The standard InChI is InChI=1S/C18H27NO2/c1-4-14-19(3)16-12-9-13-18(16,21-17(20)5-2)15-10-7-6-8-11-15/h6-8,10-11,16H,4-5,9,12-14H2,1-3H3/t16-,18?/m0/s1. The first kappa shape index (κ1) is 16.0. The van der Waals surface area contributed by atoms with Gasteiger partial charge in [0.15, 0.2) is 5.60 Å². The van der Waals surface area contributed by atoms with Crippen LogP contribution in [0.1, 0.15) is 51.5 Å². The van der Waals surface area contributed by atoms with E-state index in [4.69, 9.17) is 4.74 Å². The molecule has 0 bridgehead atoms. The highest BCUT2D eigenvalue weighted by atomic mass is 16.6. The van der Waals surface area contributed by atoms with Crippen molar-refractivity contribution in [3.63, 3.8) is 0 Å². The maximum atomic E-state index is 12.0. The van der Waals surface area contributed by atoms with E-state index in [1.54, 1.807) is 0 Å². The predicted molar refractivity (Wildman–Crippen MR) is 85.1 cm³/mol. The normalized spacial score (nSPS) is 25.2. The maximum absolute atomic E-state index is 12.0. The van der Waals surface area contributed by atoms with Crippen molar-refractivity contribution in [2.45, 2.75) is 57.6 Å². The van der Waals surface area contributed by atoms with Crippen LogP contribution in [0.2, 0.25) is 0 Å². The SMILES string of the molecule is CCCN(C)[C@H]1CCCC1(OC(=O)CC)c1ccccc1. The van der Waals surface area contributed by atoms with Gasteiger partial charge in [0.25, 0.3) is 0 Å². The van der Waals surface area contributed by atoms with Crippen molar-refractivity contribution in [2.75, 3.05) is 13.6 Å². The Labute approximate surface area is 128 Å².